The average molecular weight is 227 g/mol. The molecular formula is C9H7ClN2O3. The molecule has 2 heterocycles. The monoisotopic (exact) mass is 226 g/mol. The Morgan fingerprint density at radius 1 is 1.53 bits per heavy atom. The smallest absolute Gasteiger partial charge is 0.287 e. The molecule has 5 nitrogen and oxygen atoms in total. The Morgan fingerprint density at radius 3 is 3.00 bits per heavy atom. The van der Waals surface area contributed by atoms with Crippen LogP contribution in [-0.2, 0) is 6.54 Å². The molecule has 0 saturated heterocycles. The lowest BCUT2D eigenvalue weighted by atomic mass is 10.4. The van der Waals surface area contributed by atoms with E-state index < -0.39 is 0 Å². The minimum absolute atomic E-state index is 0.170. The lowest BCUT2D eigenvalue weighted by Gasteiger charge is -1.98. The van der Waals surface area contributed by atoms with Crippen molar-refractivity contribution in [1.82, 2.24) is 10.3 Å². The molecule has 78 valence electrons. The number of hydrogen-bond donors (Lipinski definition) is 1. The van der Waals surface area contributed by atoms with Gasteiger partial charge in [-0.1, -0.05) is 0 Å². The van der Waals surface area contributed by atoms with Gasteiger partial charge in [-0.3, -0.25) is 4.79 Å². The maximum atomic E-state index is 11.4. The summed E-state index contributed by atoms with van der Waals surface area (Å²) in [5.41, 5.74) is 0.640. The molecular weight excluding hydrogens is 220 g/mol. The van der Waals surface area contributed by atoms with E-state index in [1.54, 1.807) is 0 Å². The third kappa shape index (κ3) is 2.38. The van der Waals surface area contributed by atoms with E-state index in [-0.39, 0.29) is 23.4 Å². The van der Waals surface area contributed by atoms with Gasteiger partial charge in [-0.2, -0.15) is 0 Å². The van der Waals surface area contributed by atoms with E-state index in [0.717, 1.165) is 0 Å². The van der Waals surface area contributed by atoms with Crippen molar-refractivity contribution < 1.29 is 13.6 Å². The molecule has 2 rings (SSSR count). The Labute approximate surface area is 90.0 Å². The molecule has 2 aromatic rings. The predicted octanol–water partition coefficient (Wildman–Crippen LogP) is 1.85. The standard InChI is InChI=1S/C9H7ClN2O3/c10-8-2-1-7(15-8)9(13)11-3-6-4-14-5-12-6/h1-2,4-5H,3H2,(H,11,13). The zero-order valence-corrected chi connectivity index (χ0v) is 8.32. The fraction of sp³-hybridized carbons (Fsp3) is 0.111. The van der Waals surface area contributed by atoms with Crippen LogP contribution in [0.3, 0.4) is 0 Å². The van der Waals surface area contributed by atoms with Crippen molar-refractivity contribution in [3.8, 4) is 0 Å². The molecule has 1 amide bonds. The first-order chi connectivity index (χ1) is 7.25. The minimum Gasteiger partial charge on any atom is -0.451 e. The van der Waals surface area contributed by atoms with Crippen molar-refractivity contribution in [3.05, 3.63) is 41.5 Å². The maximum absolute atomic E-state index is 11.4. The average Bonchev–Trinajstić information content (AvgIpc) is 2.84. The van der Waals surface area contributed by atoms with Crippen LogP contribution < -0.4 is 5.32 Å². The highest BCUT2D eigenvalue weighted by molar-refractivity contribution is 6.29. The van der Waals surface area contributed by atoms with Gasteiger partial charge in [0.15, 0.2) is 17.4 Å². The molecule has 0 fully saturated rings. The number of nitrogens with zero attached hydrogens (tertiary/aromatic N) is 1. The van der Waals surface area contributed by atoms with Crippen LogP contribution in [-0.4, -0.2) is 10.9 Å². The number of hydrogen-bond acceptors (Lipinski definition) is 4. The second-order valence-electron chi connectivity index (χ2n) is 2.77. The van der Waals surface area contributed by atoms with Gasteiger partial charge in [0, 0.05) is 0 Å². The molecule has 0 aromatic carbocycles. The molecule has 0 radical (unpaired) electrons. The van der Waals surface area contributed by atoms with Gasteiger partial charge < -0.3 is 14.2 Å². The van der Waals surface area contributed by atoms with E-state index in [9.17, 15) is 4.79 Å². The minimum atomic E-state index is -0.343. The number of nitrogens with one attached hydrogen (secondary N) is 1. The molecule has 0 aliphatic rings. The van der Waals surface area contributed by atoms with E-state index in [1.807, 2.05) is 0 Å². The molecule has 0 atom stereocenters. The molecule has 0 bridgehead atoms. The third-order valence-corrected chi connectivity index (χ3v) is 1.91. The summed E-state index contributed by atoms with van der Waals surface area (Å²) >= 11 is 5.53. The lowest BCUT2D eigenvalue weighted by molar-refractivity contribution is 0.0923. The van der Waals surface area contributed by atoms with Gasteiger partial charge in [0.1, 0.15) is 6.26 Å². The van der Waals surface area contributed by atoms with E-state index in [2.05, 4.69) is 10.3 Å². The van der Waals surface area contributed by atoms with Crippen molar-refractivity contribution >= 4 is 17.5 Å². The summed E-state index contributed by atoms with van der Waals surface area (Å²) in [4.78, 5) is 15.3. The van der Waals surface area contributed by atoms with Crippen LogP contribution in [0.25, 0.3) is 0 Å². The largest absolute Gasteiger partial charge is 0.451 e. The lowest BCUT2D eigenvalue weighted by Crippen LogP contribution is -2.22. The molecule has 0 aliphatic heterocycles. The maximum Gasteiger partial charge on any atom is 0.287 e. The zero-order valence-electron chi connectivity index (χ0n) is 7.57. The van der Waals surface area contributed by atoms with Crippen LogP contribution in [0.1, 0.15) is 16.2 Å². The van der Waals surface area contributed by atoms with Crippen LogP contribution in [0.15, 0.2) is 33.6 Å². The molecule has 1 N–H and O–H groups in total. The van der Waals surface area contributed by atoms with E-state index >= 15 is 0 Å². The summed E-state index contributed by atoms with van der Waals surface area (Å²) in [5, 5.41) is 2.78. The van der Waals surface area contributed by atoms with Gasteiger partial charge in [-0.05, 0) is 23.7 Å². The van der Waals surface area contributed by atoms with Gasteiger partial charge in [-0.15, -0.1) is 0 Å². The Balaban J connectivity index is 1.93. The van der Waals surface area contributed by atoms with Gasteiger partial charge in [-0.25, -0.2) is 4.98 Å². The van der Waals surface area contributed by atoms with Crippen molar-refractivity contribution in [2.24, 2.45) is 0 Å². The highest BCUT2D eigenvalue weighted by Crippen LogP contribution is 2.12. The fourth-order valence-electron chi connectivity index (χ4n) is 1.02. The number of furan rings is 1. The molecule has 0 unspecified atom stereocenters. The normalized spacial score (nSPS) is 10.2. The summed E-state index contributed by atoms with van der Waals surface area (Å²) in [7, 11) is 0. The molecule has 0 spiro atoms. The summed E-state index contributed by atoms with van der Waals surface area (Å²) in [5.74, 6) is -0.173. The van der Waals surface area contributed by atoms with E-state index in [0.29, 0.717) is 5.69 Å². The number of halogens is 1. The van der Waals surface area contributed by atoms with Crippen LogP contribution in [0.2, 0.25) is 5.22 Å². The van der Waals surface area contributed by atoms with Crippen LogP contribution in [0, 0.1) is 0 Å². The Hall–Kier alpha value is -1.75. The molecule has 6 heteroatoms. The summed E-state index contributed by atoms with van der Waals surface area (Å²) in [6.45, 7) is 0.285. The highest BCUT2D eigenvalue weighted by Gasteiger charge is 2.10. The zero-order chi connectivity index (χ0) is 10.7. The highest BCUT2D eigenvalue weighted by atomic mass is 35.5. The molecule has 15 heavy (non-hydrogen) atoms. The number of amides is 1. The topological polar surface area (TPSA) is 68.3 Å². The third-order valence-electron chi connectivity index (χ3n) is 1.71. The summed E-state index contributed by atoms with van der Waals surface area (Å²) in [6, 6.07) is 3.01. The van der Waals surface area contributed by atoms with E-state index in [1.165, 1.54) is 24.8 Å². The van der Waals surface area contributed by atoms with Gasteiger partial charge >= 0.3 is 0 Å². The first kappa shape index (κ1) is 9.79. The number of carbonyl (C=O) groups is 1. The number of carbonyl (C=O) groups excluding carboxylic acids is 1. The number of oxazole rings is 1. The SMILES string of the molecule is O=C(NCc1cocn1)c1ccc(Cl)o1. The second-order valence-corrected chi connectivity index (χ2v) is 3.14. The summed E-state index contributed by atoms with van der Waals surface area (Å²) < 4.78 is 9.67. The quantitative estimate of drug-likeness (QED) is 0.867. The van der Waals surface area contributed by atoms with Crippen LogP contribution in [0.5, 0.6) is 0 Å². The predicted molar refractivity (Wildman–Crippen MR) is 51.4 cm³/mol. The first-order valence-electron chi connectivity index (χ1n) is 4.16. The van der Waals surface area contributed by atoms with Crippen molar-refractivity contribution in [2.75, 3.05) is 0 Å². The first-order valence-corrected chi connectivity index (χ1v) is 4.54. The number of rotatable bonds is 3. The van der Waals surface area contributed by atoms with Crippen molar-refractivity contribution in [2.45, 2.75) is 6.54 Å². The van der Waals surface area contributed by atoms with Gasteiger partial charge in [0.25, 0.3) is 5.91 Å². The van der Waals surface area contributed by atoms with Crippen molar-refractivity contribution in [3.63, 3.8) is 0 Å². The van der Waals surface area contributed by atoms with Crippen molar-refractivity contribution in [1.29, 1.82) is 0 Å². The fourth-order valence-corrected chi connectivity index (χ4v) is 1.17. The Morgan fingerprint density at radius 2 is 2.40 bits per heavy atom. The Kier molecular flexibility index (Phi) is 2.73. The van der Waals surface area contributed by atoms with Gasteiger partial charge in [0.2, 0.25) is 0 Å². The summed E-state index contributed by atoms with van der Waals surface area (Å²) in [6.07, 6.45) is 2.75. The van der Waals surface area contributed by atoms with E-state index in [4.69, 9.17) is 20.4 Å². The van der Waals surface area contributed by atoms with Gasteiger partial charge in [0.05, 0.1) is 12.2 Å². The number of aromatic nitrogens is 1. The second kappa shape index (κ2) is 4.18. The molecule has 0 saturated carbocycles. The van der Waals surface area contributed by atoms with Crippen LogP contribution in [0.4, 0.5) is 0 Å². The molecule has 0 aliphatic carbocycles. The Bertz CT molecular complexity index is 450. The molecule has 2 aromatic heterocycles. The van der Waals surface area contributed by atoms with Crippen LogP contribution >= 0.6 is 11.6 Å².